The first-order valence-corrected chi connectivity index (χ1v) is 10.3. The van der Waals surface area contributed by atoms with Crippen molar-refractivity contribution in [3.05, 3.63) is 90.8 Å². The minimum absolute atomic E-state index is 0.0341. The Hall–Kier alpha value is -3.67. The van der Waals surface area contributed by atoms with Gasteiger partial charge in [0.05, 0.1) is 11.0 Å². The highest BCUT2D eigenvalue weighted by atomic mass is 16.2. The van der Waals surface area contributed by atoms with E-state index < -0.39 is 0 Å². The van der Waals surface area contributed by atoms with Crippen LogP contribution in [0.1, 0.15) is 21.7 Å². The highest BCUT2D eigenvalue weighted by Crippen LogP contribution is 2.17. The zero-order chi connectivity index (χ0) is 22.2. The Morgan fingerprint density at radius 2 is 1.74 bits per heavy atom. The van der Waals surface area contributed by atoms with Crippen LogP contribution in [0.3, 0.4) is 0 Å². The molecule has 6 nitrogen and oxygen atoms in total. The molecule has 2 aromatic carbocycles. The number of benzene rings is 2. The van der Waals surface area contributed by atoms with Crippen molar-refractivity contribution in [2.45, 2.75) is 19.9 Å². The van der Waals surface area contributed by atoms with Crippen LogP contribution in [0.2, 0.25) is 0 Å². The van der Waals surface area contributed by atoms with Crippen molar-refractivity contribution in [1.82, 2.24) is 19.8 Å². The van der Waals surface area contributed by atoms with E-state index in [4.69, 9.17) is 4.98 Å². The summed E-state index contributed by atoms with van der Waals surface area (Å²) in [5.41, 5.74) is 3.32. The molecular weight excluding hydrogens is 388 g/mol. The third kappa shape index (κ3) is 5.28. The van der Waals surface area contributed by atoms with Gasteiger partial charge < -0.3 is 14.8 Å². The van der Waals surface area contributed by atoms with Gasteiger partial charge in [0.15, 0.2) is 0 Å². The van der Waals surface area contributed by atoms with Crippen LogP contribution in [0.4, 0.5) is 0 Å². The first-order valence-electron chi connectivity index (χ1n) is 10.3. The van der Waals surface area contributed by atoms with Crippen molar-refractivity contribution < 1.29 is 9.59 Å². The second-order valence-corrected chi connectivity index (χ2v) is 7.30. The first kappa shape index (κ1) is 22.0. The lowest BCUT2D eigenvalue weighted by Crippen LogP contribution is -2.34. The minimum atomic E-state index is -0.111. The van der Waals surface area contributed by atoms with Gasteiger partial charge in [0.2, 0.25) is 5.91 Å². The fourth-order valence-corrected chi connectivity index (χ4v) is 3.53. The number of fused-ring (bicyclic) bond motifs is 1. The number of nitrogens with zero attached hydrogens (tertiary/aromatic N) is 3. The Labute approximate surface area is 182 Å². The summed E-state index contributed by atoms with van der Waals surface area (Å²) in [6.45, 7) is 10.9. The Kier molecular flexibility index (Phi) is 7.38. The van der Waals surface area contributed by atoms with Gasteiger partial charge in [0.1, 0.15) is 12.4 Å². The van der Waals surface area contributed by atoms with Crippen LogP contribution in [-0.4, -0.2) is 45.9 Å². The lowest BCUT2D eigenvalue weighted by atomic mass is 10.1. The standard InChI is InChI=1S/C25H28N4O2/c1-4-16-28(17-5-2)24(30)18-29-22-13-9-8-12-21(22)27-23(29)14-15-26-25(31)20-11-7-6-10-19(20)3/h4-13H,1-2,14-18H2,3H3,(H,26,31). The van der Waals surface area contributed by atoms with Gasteiger partial charge in [-0.2, -0.15) is 0 Å². The van der Waals surface area contributed by atoms with Crippen molar-refractivity contribution >= 4 is 22.8 Å². The fraction of sp³-hybridized carbons (Fsp3) is 0.240. The van der Waals surface area contributed by atoms with Crippen LogP contribution in [-0.2, 0) is 17.8 Å². The molecule has 31 heavy (non-hydrogen) atoms. The monoisotopic (exact) mass is 416 g/mol. The molecule has 0 saturated heterocycles. The molecule has 2 amide bonds. The van der Waals surface area contributed by atoms with E-state index in [1.54, 1.807) is 17.1 Å². The Morgan fingerprint density at radius 1 is 1.06 bits per heavy atom. The molecule has 160 valence electrons. The fourth-order valence-electron chi connectivity index (χ4n) is 3.53. The van der Waals surface area contributed by atoms with Gasteiger partial charge in [-0.15, -0.1) is 13.2 Å². The summed E-state index contributed by atoms with van der Waals surface area (Å²) >= 11 is 0. The van der Waals surface area contributed by atoms with Crippen molar-refractivity contribution in [3.8, 4) is 0 Å². The van der Waals surface area contributed by atoms with Crippen molar-refractivity contribution in [3.63, 3.8) is 0 Å². The van der Waals surface area contributed by atoms with Gasteiger partial charge in [-0.25, -0.2) is 4.98 Å². The maximum Gasteiger partial charge on any atom is 0.251 e. The van der Waals surface area contributed by atoms with E-state index in [9.17, 15) is 9.59 Å². The summed E-state index contributed by atoms with van der Waals surface area (Å²) in [5.74, 6) is 0.616. The predicted octanol–water partition coefficient (Wildman–Crippen LogP) is 3.52. The SMILES string of the molecule is C=CCN(CC=C)C(=O)Cn1c(CCNC(=O)c2ccccc2C)nc2ccccc21. The largest absolute Gasteiger partial charge is 0.352 e. The lowest BCUT2D eigenvalue weighted by Gasteiger charge is -2.20. The van der Waals surface area contributed by atoms with E-state index >= 15 is 0 Å². The van der Waals surface area contributed by atoms with Crippen LogP contribution in [0, 0.1) is 6.92 Å². The number of hydrogen-bond acceptors (Lipinski definition) is 3. The molecule has 3 rings (SSSR count). The second-order valence-electron chi connectivity index (χ2n) is 7.30. The topological polar surface area (TPSA) is 67.2 Å². The number of carbonyl (C=O) groups excluding carboxylic acids is 2. The lowest BCUT2D eigenvalue weighted by molar-refractivity contribution is -0.130. The van der Waals surface area contributed by atoms with E-state index in [0.29, 0.717) is 31.6 Å². The van der Waals surface area contributed by atoms with Crippen LogP contribution in [0.15, 0.2) is 73.8 Å². The molecule has 0 radical (unpaired) electrons. The maximum absolute atomic E-state index is 12.9. The van der Waals surface area contributed by atoms with Crippen LogP contribution in [0.25, 0.3) is 11.0 Å². The number of aromatic nitrogens is 2. The van der Waals surface area contributed by atoms with Gasteiger partial charge in [0, 0.05) is 31.6 Å². The molecule has 6 heteroatoms. The number of hydrogen-bond donors (Lipinski definition) is 1. The molecule has 1 heterocycles. The van der Waals surface area contributed by atoms with E-state index in [2.05, 4.69) is 18.5 Å². The molecule has 0 unspecified atom stereocenters. The molecule has 0 bridgehead atoms. The summed E-state index contributed by atoms with van der Waals surface area (Å²) in [5, 5.41) is 2.96. The first-order chi connectivity index (χ1) is 15.0. The highest BCUT2D eigenvalue weighted by Gasteiger charge is 2.17. The Balaban J connectivity index is 1.76. The van der Waals surface area contributed by atoms with Crippen molar-refractivity contribution in [2.24, 2.45) is 0 Å². The van der Waals surface area contributed by atoms with Gasteiger partial charge in [-0.3, -0.25) is 9.59 Å². The number of imidazole rings is 1. The van der Waals surface area contributed by atoms with E-state index in [-0.39, 0.29) is 18.4 Å². The summed E-state index contributed by atoms with van der Waals surface area (Å²) in [4.78, 5) is 31.8. The average Bonchev–Trinajstić information content (AvgIpc) is 3.11. The number of carbonyl (C=O) groups is 2. The maximum atomic E-state index is 12.9. The third-order valence-electron chi connectivity index (χ3n) is 5.10. The molecule has 1 aromatic heterocycles. The van der Waals surface area contributed by atoms with Crippen LogP contribution < -0.4 is 5.32 Å². The van der Waals surface area contributed by atoms with Crippen LogP contribution >= 0.6 is 0 Å². The quantitative estimate of drug-likeness (QED) is 0.514. The molecule has 1 N–H and O–H groups in total. The van der Waals surface area contributed by atoms with E-state index in [0.717, 1.165) is 22.4 Å². The number of amides is 2. The highest BCUT2D eigenvalue weighted by molar-refractivity contribution is 5.95. The van der Waals surface area contributed by atoms with Gasteiger partial charge in [-0.05, 0) is 30.7 Å². The molecule has 0 aliphatic heterocycles. The summed E-state index contributed by atoms with van der Waals surface area (Å²) in [6, 6.07) is 15.2. The number of aryl methyl sites for hydroxylation is 1. The second kappa shape index (κ2) is 10.4. The van der Waals surface area contributed by atoms with Crippen molar-refractivity contribution in [2.75, 3.05) is 19.6 Å². The van der Waals surface area contributed by atoms with Gasteiger partial charge in [0.25, 0.3) is 5.91 Å². The molecule has 0 spiro atoms. The number of para-hydroxylation sites is 2. The van der Waals surface area contributed by atoms with Gasteiger partial charge >= 0.3 is 0 Å². The normalized spacial score (nSPS) is 10.6. The third-order valence-corrected chi connectivity index (χ3v) is 5.10. The predicted molar refractivity (Wildman–Crippen MR) is 124 cm³/mol. The van der Waals surface area contributed by atoms with E-state index in [1.807, 2.05) is 60.0 Å². The molecule has 3 aromatic rings. The molecule has 0 saturated carbocycles. The van der Waals surface area contributed by atoms with Crippen molar-refractivity contribution in [1.29, 1.82) is 0 Å². The zero-order valence-electron chi connectivity index (χ0n) is 17.9. The summed E-state index contributed by atoms with van der Waals surface area (Å²) < 4.78 is 1.93. The number of rotatable bonds is 10. The summed E-state index contributed by atoms with van der Waals surface area (Å²) in [7, 11) is 0. The molecule has 0 atom stereocenters. The summed E-state index contributed by atoms with van der Waals surface area (Å²) in [6.07, 6.45) is 3.92. The van der Waals surface area contributed by atoms with E-state index in [1.165, 1.54) is 0 Å². The van der Waals surface area contributed by atoms with Crippen LogP contribution in [0.5, 0.6) is 0 Å². The molecule has 0 fully saturated rings. The van der Waals surface area contributed by atoms with Gasteiger partial charge in [-0.1, -0.05) is 42.5 Å². The number of nitrogens with one attached hydrogen (secondary N) is 1. The Bertz CT molecular complexity index is 1090. The molecule has 0 aliphatic carbocycles. The Morgan fingerprint density at radius 3 is 2.45 bits per heavy atom. The average molecular weight is 417 g/mol. The molecular formula is C25H28N4O2. The smallest absolute Gasteiger partial charge is 0.251 e. The zero-order valence-corrected chi connectivity index (χ0v) is 17.9. The minimum Gasteiger partial charge on any atom is -0.352 e. The molecule has 0 aliphatic rings.